The highest BCUT2D eigenvalue weighted by molar-refractivity contribution is 5.96. The lowest BCUT2D eigenvalue weighted by molar-refractivity contribution is 0.0101. The minimum atomic E-state index is -0.795. The molecule has 2 N–H and O–H groups in total. The number of hydrogen-bond donors (Lipinski definition) is 2. The van der Waals surface area contributed by atoms with Crippen LogP contribution in [0.2, 0.25) is 0 Å². The van der Waals surface area contributed by atoms with E-state index in [0.29, 0.717) is 11.4 Å². The number of nitrogens with zero attached hydrogens (tertiary/aromatic N) is 1. The molecule has 2 rings (SSSR count). The Morgan fingerprint density at radius 2 is 2.38 bits per heavy atom. The van der Waals surface area contributed by atoms with Gasteiger partial charge in [-0.05, 0) is 44.7 Å². The molecule has 1 fully saturated rings. The number of rotatable bonds is 5. The summed E-state index contributed by atoms with van der Waals surface area (Å²) in [7, 11) is 0. The number of hydrogen-bond acceptors (Lipinski definition) is 4. The fourth-order valence-electron chi connectivity index (χ4n) is 2.70. The number of carbonyl (C=O) groups is 1. The zero-order valence-electron chi connectivity index (χ0n) is 12.9. The van der Waals surface area contributed by atoms with Crippen LogP contribution < -0.4 is 10.1 Å². The Morgan fingerprint density at radius 3 is 3.00 bits per heavy atom. The van der Waals surface area contributed by atoms with E-state index in [1.807, 2.05) is 20.8 Å². The van der Waals surface area contributed by atoms with Crippen LogP contribution in [0.3, 0.4) is 0 Å². The zero-order valence-corrected chi connectivity index (χ0v) is 12.9. The second-order valence-corrected chi connectivity index (χ2v) is 6.10. The summed E-state index contributed by atoms with van der Waals surface area (Å²) in [6, 6.07) is 3.39. The van der Waals surface area contributed by atoms with Gasteiger partial charge < -0.3 is 15.2 Å². The lowest BCUT2D eigenvalue weighted by Gasteiger charge is -2.28. The van der Waals surface area contributed by atoms with Crippen LogP contribution in [0.1, 0.15) is 50.4 Å². The molecule has 5 nitrogen and oxygen atoms in total. The first-order valence-corrected chi connectivity index (χ1v) is 7.54. The largest absolute Gasteiger partial charge is 0.474 e. The van der Waals surface area contributed by atoms with Crippen molar-refractivity contribution in [1.82, 2.24) is 10.3 Å². The molecule has 116 valence electrons. The Bertz CT molecular complexity index is 504. The molecule has 1 aromatic rings. The van der Waals surface area contributed by atoms with Crippen molar-refractivity contribution in [3.63, 3.8) is 0 Å². The van der Waals surface area contributed by atoms with Gasteiger partial charge in [0.1, 0.15) is 5.56 Å². The Hall–Kier alpha value is -1.62. The monoisotopic (exact) mass is 292 g/mol. The molecule has 0 radical (unpaired) electrons. The molecule has 0 bridgehead atoms. The molecule has 1 aliphatic carbocycles. The van der Waals surface area contributed by atoms with Crippen molar-refractivity contribution in [2.24, 2.45) is 5.92 Å². The van der Waals surface area contributed by atoms with Gasteiger partial charge in [0, 0.05) is 12.7 Å². The van der Waals surface area contributed by atoms with Gasteiger partial charge in [0.05, 0.1) is 11.7 Å². The molecule has 1 aliphatic rings. The van der Waals surface area contributed by atoms with Gasteiger partial charge in [-0.2, -0.15) is 0 Å². The van der Waals surface area contributed by atoms with Crippen LogP contribution in [0, 0.1) is 5.92 Å². The van der Waals surface area contributed by atoms with Gasteiger partial charge in [-0.1, -0.05) is 13.3 Å². The van der Waals surface area contributed by atoms with Gasteiger partial charge in [-0.15, -0.1) is 0 Å². The topological polar surface area (TPSA) is 71.5 Å². The zero-order chi connectivity index (χ0) is 15.5. The summed E-state index contributed by atoms with van der Waals surface area (Å²) in [5, 5.41) is 13.3. The third-order valence-electron chi connectivity index (χ3n) is 4.08. The van der Waals surface area contributed by atoms with Crippen molar-refractivity contribution < 1.29 is 14.6 Å². The maximum atomic E-state index is 12.3. The Kier molecular flexibility index (Phi) is 4.83. The van der Waals surface area contributed by atoms with Gasteiger partial charge in [-0.25, -0.2) is 4.98 Å². The lowest BCUT2D eigenvalue weighted by Crippen LogP contribution is -2.44. The predicted molar refractivity (Wildman–Crippen MR) is 80.3 cm³/mol. The van der Waals surface area contributed by atoms with Gasteiger partial charge in [0.2, 0.25) is 5.88 Å². The van der Waals surface area contributed by atoms with E-state index in [4.69, 9.17) is 4.74 Å². The molecule has 21 heavy (non-hydrogen) atoms. The standard InChI is InChI=1S/C16H24N2O3/c1-11(2)21-15-13(7-5-9-17-15)14(19)18-10-16(20)8-4-6-12(16)3/h5,7,9,11-12,20H,4,6,8,10H2,1-3H3,(H,18,19). The number of pyridine rings is 1. The molecular weight excluding hydrogens is 268 g/mol. The summed E-state index contributed by atoms with van der Waals surface area (Å²) >= 11 is 0. The van der Waals surface area contributed by atoms with Gasteiger partial charge in [0.25, 0.3) is 5.91 Å². The number of carbonyl (C=O) groups excluding carboxylic acids is 1. The smallest absolute Gasteiger partial charge is 0.256 e. The second kappa shape index (κ2) is 6.43. The van der Waals surface area contributed by atoms with E-state index in [9.17, 15) is 9.90 Å². The Labute approximate surface area is 125 Å². The molecule has 1 amide bonds. The lowest BCUT2D eigenvalue weighted by atomic mass is 9.92. The first-order chi connectivity index (χ1) is 9.92. The van der Waals surface area contributed by atoms with Crippen molar-refractivity contribution >= 4 is 5.91 Å². The Balaban J connectivity index is 2.04. The first kappa shape index (κ1) is 15.8. The van der Waals surface area contributed by atoms with Crippen LogP contribution >= 0.6 is 0 Å². The molecule has 2 unspecified atom stereocenters. The number of aromatic nitrogens is 1. The summed E-state index contributed by atoms with van der Waals surface area (Å²) in [4.78, 5) is 16.4. The number of aliphatic hydroxyl groups is 1. The molecule has 0 saturated heterocycles. The second-order valence-electron chi connectivity index (χ2n) is 6.10. The molecule has 2 atom stereocenters. The van der Waals surface area contributed by atoms with E-state index in [0.717, 1.165) is 19.3 Å². The fraction of sp³-hybridized carbons (Fsp3) is 0.625. The number of nitrogens with one attached hydrogen (secondary N) is 1. The molecule has 1 heterocycles. The summed E-state index contributed by atoms with van der Waals surface area (Å²) in [6.45, 7) is 6.07. The van der Waals surface area contributed by atoms with Crippen molar-refractivity contribution in [3.8, 4) is 5.88 Å². The SMILES string of the molecule is CC(C)Oc1ncccc1C(=O)NCC1(O)CCCC1C. The third kappa shape index (κ3) is 3.73. The van der Waals surface area contributed by atoms with Crippen molar-refractivity contribution in [2.45, 2.75) is 51.7 Å². The summed E-state index contributed by atoms with van der Waals surface area (Å²) in [5.74, 6) is 0.279. The molecule has 0 aliphatic heterocycles. The third-order valence-corrected chi connectivity index (χ3v) is 4.08. The average molecular weight is 292 g/mol. The molecule has 1 saturated carbocycles. The highest BCUT2D eigenvalue weighted by Gasteiger charge is 2.38. The number of amides is 1. The summed E-state index contributed by atoms with van der Waals surface area (Å²) < 4.78 is 5.55. The van der Waals surface area contributed by atoms with E-state index in [1.165, 1.54) is 0 Å². The quantitative estimate of drug-likeness (QED) is 0.872. The summed E-state index contributed by atoms with van der Waals surface area (Å²) in [5.41, 5.74) is -0.392. The predicted octanol–water partition coefficient (Wildman–Crippen LogP) is 2.15. The molecule has 0 aromatic carbocycles. The minimum absolute atomic E-state index is 0.0505. The molecule has 0 spiro atoms. The average Bonchev–Trinajstić information content (AvgIpc) is 2.76. The number of ether oxygens (including phenoxy) is 1. The maximum Gasteiger partial charge on any atom is 0.256 e. The summed E-state index contributed by atoms with van der Waals surface area (Å²) in [6.07, 6.45) is 4.28. The Morgan fingerprint density at radius 1 is 1.62 bits per heavy atom. The van der Waals surface area contributed by atoms with Crippen LogP contribution in [-0.4, -0.2) is 34.2 Å². The van der Waals surface area contributed by atoms with Gasteiger partial charge >= 0.3 is 0 Å². The molecule has 5 heteroatoms. The van der Waals surface area contributed by atoms with Crippen molar-refractivity contribution in [3.05, 3.63) is 23.9 Å². The minimum Gasteiger partial charge on any atom is -0.474 e. The highest BCUT2D eigenvalue weighted by Crippen LogP contribution is 2.34. The van der Waals surface area contributed by atoms with E-state index in [1.54, 1.807) is 18.3 Å². The maximum absolute atomic E-state index is 12.3. The van der Waals surface area contributed by atoms with Crippen LogP contribution in [0.5, 0.6) is 5.88 Å². The fourth-order valence-corrected chi connectivity index (χ4v) is 2.70. The van der Waals surface area contributed by atoms with Crippen LogP contribution in [0.15, 0.2) is 18.3 Å². The van der Waals surface area contributed by atoms with Crippen LogP contribution in [0.25, 0.3) is 0 Å². The van der Waals surface area contributed by atoms with E-state index in [-0.39, 0.29) is 24.5 Å². The van der Waals surface area contributed by atoms with Crippen molar-refractivity contribution in [2.75, 3.05) is 6.54 Å². The van der Waals surface area contributed by atoms with E-state index >= 15 is 0 Å². The van der Waals surface area contributed by atoms with E-state index < -0.39 is 5.60 Å². The van der Waals surface area contributed by atoms with E-state index in [2.05, 4.69) is 10.3 Å². The first-order valence-electron chi connectivity index (χ1n) is 7.54. The van der Waals surface area contributed by atoms with Crippen molar-refractivity contribution in [1.29, 1.82) is 0 Å². The van der Waals surface area contributed by atoms with Gasteiger partial charge in [-0.3, -0.25) is 4.79 Å². The van der Waals surface area contributed by atoms with Crippen LogP contribution in [-0.2, 0) is 0 Å². The van der Waals surface area contributed by atoms with Crippen LogP contribution in [0.4, 0.5) is 0 Å². The highest BCUT2D eigenvalue weighted by atomic mass is 16.5. The molecule has 1 aromatic heterocycles. The van der Waals surface area contributed by atoms with Gasteiger partial charge in [0.15, 0.2) is 0 Å². The normalized spacial score (nSPS) is 25.1. The molecular formula is C16H24N2O3.